The molecule has 2 aliphatic heterocycles. The third kappa shape index (κ3) is 4.98. The zero-order valence-electron chi connectivity index (χ0n) is 20.6. The fourth-order valence-corrected chi connectivity index (χ4v) is 6.26. The van der Waals surface area contributed by atoms with Crippen LogP contribution in [0.15, 0.2) is 42.6 Å². The zero-order chi connectivity index (χ0) is 26.2. The van der Waals surface area contributed by atoms with Crippen LogP contribution < -0.4 is 4.31 Å². The van der Waals surface area contributed by atoms with Gasteiger partial charge in [0.25, 0.3) is 5.91 Å². The van der Waals surface area contributed by atoms with Crippen molar-refractivity contribution in [2.45, 2.75) is 19.5 Å². The zero-order valence-corrected chi connectivity index (χ0v) is 21.4. The molecule has 1 aromatic heterocycles. The molecule has 0 bridgehead atoms. The van der Waals surface area contributed by atoms with Crippen molar-refractivity contribution in [2.75, 3.05) is 50.0 Å². The van der Waals surface area contributed by atoms with E-state index in [9.17, 15) is 22.7 Å². The number of morpholine rings is 1. The molecular formula is C26H29FN4O5S. The number of carbonyl (C=O) groups is 1. The molecule has 1 N–H and O–H groups in total. The number of ether oxygens (including phenoxy) is 1. The van der Waals surface area contributed by atoms with Gasteiger partial charge in [-0.2, -0.15) is 0 Å². The van der Waals surface area contributed by atoms with Crippen molar-refractivity contribution < 1.29 is 27.4 Å². The van der Waals surface area contributed by atoms with E-state index in [1.165, 1.54) is 34.6 Å². The van der Waals surface area contributed by atoms with Crippen molar-refractivity contribution in [3.63, 3.8) is 0 Å². The van der Waals surface area contributed by atoms with Gasteiger partial charge >= 0.3 is 0 Å². The van der Waals surface area contributed by atoms with Gasteiger partial charge in [0.15, 0.2) is 5.75 Å². The number of amides is 1. The predicted octanol–water partition coefficient (Wildman–Crippen LogP) is 2.72. The first-order valence-corrected chi connectivity index (χ1v) is 13.8. The molecule has 0 spiro atoms. The number of hydrogen-bond donors (Lipinski definition) is 1. The SMILES string of the molecule is CN(c1c2c(c(O)c3ncccc13)C(=O)N(Cc1ccc(F)cc1)C2)S(=O)(=O)CCCN1CCOCC1. The Morgan fingerprint density at radius 1 is 1.16 bits per heavy atom. The van der Waals surface area contributed by atoms with E-state index >= 15 is 0 Å². The van der Waals surface area contributed by atoms with E-state index < -0.39 is 15.9 Å². The number of hydrogen-bond acceptors (Lipinski definition) is 7. The van der Waals surface area contributed by atoms with Crippen LogP contribution in [0.4, 0.5) is 10.1 Å². The quantitative estimate of drug-likeness (QED) is 0.480. The summed E-state index contributed by atoms with van der Waals surface area (Å²) >= 11 is 0. The molecule has 0 atom stereocenters. The number of phenols is 1. The van der Waals surface area contributed by atoms with Gasteiger partial charge in [0.1, 0.15) is 11.3 Å². The second-order valence-corrected chi connectivity index (χ2v) is 11.4. The number of aromatic nitrogens is 1. The second kappa shape index (κ2) is 10.2. The van der Waals surface area contributed by atoms with E-state index in [0.717, 1.165) is 18.7 Å². The summed E-state index contributed by atoms with van der Waals surface area (Å²) in [7, 11) is -2.26. The first-order valence-electron chi connectivity index (χ1n) is 12.2. The average molecular weight is 529 g/mol. The lowest BCUT2D eigenvalue weighted by atomic mass is 10.0. The highest BCUT2D eigenvalue weighted by atomic mass is 32.2. The molecule has 11 heteroatoms. The Balaban J connectivity index is 1.47. The lowest BCUT2D eigenvalue weighted by Crippen LogP contribution is -2.38. The summed E-state index contributed by atoms with van der Waals surface area (Å²) in [5.74, 6) is -1.13. The Morgan fingerprint density at radius 3 is 2.62 bits per heavy atom. The number of halogens is 1. The van der Waals surface area contributed by atoms with E-state index in [4.69, 9.17) is 4.74 Å². The molecule has 3 aromatic rings. The lowest BCUT2D eigenvalue weighted by Gasteiger charge is -2.27. The van der Waals surface area contributed by atoms with Crippen molar-refractivity contribution in [3.8, 4) is 5.75 Å². The topological polar surface area (TPSA) is 103 Å². The Hall–Kier alpha value is -3.28. The molecule has 2 aromatic carbocycles. The van der Waals surface area contributed by atoms with Crippen LogP contribution in [0.25, 0.3) is 10.9 Å². The minimum atomic E-state index is -3.74. The fraction of sp³-hybridized carbons (Fsp3) is 0.385. The summed E-state index contributed by atoms with van der Waals surface area (Å²) in [4.78, 5) is 21.3. The largest absolute Gasteiger partial charge is 0.505 e. The van der Waals surface area contributed by atoms with Gasteiger partial charge in [-0.15, -0.1) is 0 Å². The number of rotatable bonds is 8. The third-order valence-electron chi connectivity index (χ3n) is 6.96. The molecule has 0 saturated carbocycles. The number of anilines is 1. The standard InChI is InChI=1S/C26H29FN4O5S/c1-29(37(34,35)15-3-10-30-11-13-36-14-12-30)24-20-4-2-9-28-23(20)25(32)22-21(24)17-31(26(22)33)16-18-5-7-19(27)8-6-18/h2,4-9,32H,3,10-17H2,1H3. The molecule has 9 nitrogen and oxygen atoms in total. The monoisotopic (exact) mass is 528 g/mol. The van der Waals surface area contributed by atoms with E-state index in [-0.39, 0.29) is 41.5 Å². The van der Waals surface area contributed by atoms with Crippen LogP contribution in [-0.4, -0.2) is 79.9 Å². The molecule has 1 amide bonds. The van der Waals surface area contributed by atoms with E-state index in [2.05, 4.69) is 9.88 Å². The number of carbonyl (C=O) groups excluding carboxylic acids is 1. The van der Waals surface area contributed by atoms with Crippen LogP contribution in [0.3, 0.4) is 0 Å². The molecule has 196 valence electrons. The van der Waals surface area contributed by atoms with E-state index in [0.29, 0.717) is 42.8 Å². The van der Waals surface area contributed by atoms with Crippen molar-refractivity contribution >= 4 is 32.5 Å². The molecule has 37 heavy (non-hydrogen) atoms. The molecule has 0 aliphatic carbocycles. The summed E-state index contributed by atoms with van der Waals surface area (Å²) in [6, 6.07) is 9.20. The Morgan fingerprint density at radius 2 is 1.89 bits per heavy atom. The Bertz CT molecular complexity index is 1430. The molecular weight excluding hydrogens is 499 g/mol. The average Bonchev–Trinajstić information content (AvgIpc) is 3.21. The maximum Gasteiger partial charge on any atom is 0.258 e. The first-order chi connectivity index (χ1) is 17.8. The van der Waals surface area contributed by atoms with E-state index in [1.807, 2.05) is 0 Å². The summed E-state index contributed by atoms with van der Waals surface area (Å²) in [5, 5.41) is 11.5. The summed E-state index contributed by atoms with van der Waals surface area (Å²) in [6.07, 6.45) is 1.95. The summed E-state index contributed by atoms with van der Waals surface area (Å²) in [5.41, 5.74) is 1.72. The molecule has 2 aliphatic rings. The van der Waals surface area contributed by atoms with Gasteiger partial charge < -0.3 is 14.7 Å². The number of nitrogens with zero attached hydrogens (tertiary/aromatic N) is 4. The summed E-state index contributed by atoms with van der Waals surface area (Å²) in [6.45, 7) is 3.80. The van der Waals surface area contributed by atoms with Gasteiger partial charge in [0.2, 0.25) is 10.0 Å². The number of phenolic OH excluding ortho intramolecular Hbond substituents is 1. The maximum absolute atomic E-state index is 13.5. The minimum absolute atomic E-state index is 0.0543. The third-order valence-corrected chi connectivity index (χ3v) is 8.78. The van der Waals surface area contributed by atoms with Crippen molar-refractivity contribution in [3.05, 3.63) is 65.1 Å². The molecule has 5 rings (SSSR count). The Labute approximate surface area is 215 Å². The lowest BCUT2D eigenvalue weighted by molar-refractivity contribution is 0.0381. The molecule has 3 heterocycles. The van der Waals surface area contributed by atoms with Gasteiger partial charge in [-0.05, 0) is 42.8 Å². The van der Waals surface area contributed by atoms with Gasteiger partial charge in [0.05, 0.1) is 30.2 Å². The van der Waals surface area contributed by atoms with Crippen LogP contribution >= 0.6 is 0 Å². The van der Waals surface area contributed by atoms with Crippen molar-refractivity contribution in [1.29, 1.82) is 0 Å². The smallest absolute Gasteiger partial charge is 0.258 e. The highest BCUT2D eigenvalue weighted by Gasteiger charge is 2.37. The van der Waals surface area contributed by atoms with Crippen LogP contribution in [0.1, 0.15) is 27.9 Å². The highest BCUT2D eigenvalue weighted by Crippen LogP contribution is 2.44. The van der Waals surface area contributed by atoms with Gasteiger partial charge in [-0.3, -0.25) is 19.0 Å². The van der Waals surface area contributed by atoms with Crippen LogP contribution in [0.5, 0.6) is 5.75 Å². The maximum atomic E-state index is 13.5. The number of pyridine rings is 1. The van der Waals surface area contributed by atoms with Crippen LogP contribution in [-0.2, 0) is 27.8 Å². The molecule has 1 saturated heterocycles. The Kier molecular flexibility index (Phi) is 7.02. The molecule has 1 fully saturated rings. The fourth-order valence-electron chi connectivity index (χ4n) is 5.00. The van der Waals surface area contributed by atoms with Crippen LogP contribution in [0, 0.1) is 5.82 Å². The minimum Gasteiger partial charge on any atom is -0.505 e. The molecule has 0 radical (unpaired) electrons. The number of fused-ring (bicyclic) bond motifs is 2. The van der Waals surface area contributed by atoms with Crippen molar-refractivity contribution in [1.82, 2.24) is 14.8 Å². The highest BCUT2D eigenvalue weighted by molar-refractivity contribution is 7.92. The summed E-state index contributed by atoms with van der Waals surface area (Å²) < 4.78 is 46.8. The van der Waals surface area contributed by atoms with Gasteiger partial charge in [-0.1, -0.05) is 12.1 Å². The normalized spacial score (nSPS) is 16.4. The predicted molar refractivity (Wildman–Crippen MR) is 137 cm³/mol. The van der Waals surface area contributed by atoms with Gasteiger partial charge in [-0.25, -0.2) is 12.8 Å². The van der Waals surface area contributed by atoms with E-state index in [1.54, 1.807) is 24.3 Å². The van der Waals surface area contributed by atoms with Crippen LogP contribution in [0.2, 0.25) is 0 Å². The second-order valence-electron chi connectivity index (χ2n) is 9.33. The first kappa shape index (κ1) is 25.4. The number of benzene rings is 2. The number of aromatic hydroxyl groups is 1. The van der Waals surface area contributed by atoms with Gasteiger partial charge in [0, 0.05) is 50.4 Å². The number of sulfonamides is 1. The molecule has 0 unspecified atom stereocenters. The van der Waals surface area contributed by atoms with Crippen molar-refractivity contribution in [2.24, 2.45) is 0 Å².